The fourth-order valence-electron chi connectivity index (χ4n) is 3.18. The first-order chi connectivity index (χ1) is 10.2. The zero-order valence-electron chi connectivity index (χ0n) is 12.9. The second-order valence-electron chi connectivity index (χ2n) is 6.25. The highest BCUT2D eigenvalue weighted by molar-refractivity contribution is 5.60. The molecule has 0 aromatic heterocycles. The van der Waals surface area contributed by atoms with Crippen LogP contribution in [0, 0.1) is 6.92 Å². The molecule has 0 aliphatic carbocycles. The number of aryl methyl sites for hydroxylation is 1. The Bertz CT molecular complexity index is 472. The molecule has 3 rings (SSSR count). The molecule has 1 aromatic carbocycles. The summed E-state index contributed by atoms with van der Waals surface area (Å²) >= 11 is 0. The van der Waals surface area contributed by atoms with Crippen LogP contribution in [0.3, 0.4) is 0 Å². The fraction of sp³-hybridized carbons (Fsp3) is 0.647. The first-order valence-electron chi connectivity index (χ1n) is 8.08. The predicted molar refractivity (Wildman–Crippen MR) is 85.1 cm³/mol. The van der Waals surface area contributed by atoms with Crippen LogP contribution >= 0.6 is 0 Å². The van der Waals surface area contributed by atoms with Gasteiger partial charge in [-0.1, -0.05) is 6.07 Å². The quantitative estimate of drug-likeness (QED) is 0.929. The molecule has 0 spiro atoms. The summed E-state index contributed by atoms with van der Waals surface area (Å²) in [6.45, 7) is 5.74. The predicted octanol–water partition coefficient (Wildman–Crippen LogP) is 2.48. The van der Waals surface area contributed by atoms with Crippen molar-refractivity contribution in [1.29, 1.82) is 0 Å². The lowest BCUT2D eigenvalue weighted by Gasteiger charge is -2.34. The topological polar surface area (TPSA) is 47.7 Å². The number of benzene rings is 1. The lowest BCUT2D eigenvalue weighted by Crippen LogP contribution is -2.43. The van der Waals surface area contributed by atoms with Gasteiger partial charge in [-0.3, -0.25) is 0 Å². The molecule has 0 bridgehead atoms. The normalized spacial score (nSPS) is 24.1. The summed E-state index contributed by atoms with van der Waals surface area (Å²) in [5, 5.41) is 0. The Morgan fingerprint density at radius 3 is 2.81 bits per heavy atom. The van der Waals surface area contributed by atoms with Crippen molar-refractivity contribution < 1.29 is 9.47 Å². The number of nitrogens with zero attached hydrogens (tertiary/aromatic N) is 1. The summed E-state index contributed by atoms with van der Waals surface area (Å²) in [6, 6.07) is 6.74. The summed E-state index contributed by atoms with van der Waals surface area (Å²) in [5.74, 6) is 1.00. The van der Waals surface area contributed by atoms with Crippen LogP contribution in [0.25, 0.3) is 0 Å². The monoisotopic (exact) mass is 290 g/mol. The van der Waals surface area contributed by atoms with Crippen LogP contribution in [-0.2, 0) is 4.74 Å². The van der Waals surface area contributed by atoms with E-state index in [-0.39, 0.29) is 12.1 Å². The highest BCUT2D eigenvalue weighted by Gasteiger charge is 2.22. The van der Waals surface area contributed by atoms with Crippen molar-refractivity contribution in [2.45, 2.75) is 44.8 Å². The molecule has 2 N–H and O–H groups in total. The molecule has 2 aliphatic rings. The number of anilines is 1. The van der Waals surface area contributed by atoms with E-state index in [9.17, 15) is 0 Å². The van der Waals surface area contributed by atoms with Crippen LogP contribution < -0.4 is 15.4 Å². The molecule has 116 valence electrons. The highest BCUT2D eigenvalue weighted by Crippen LogP contribution is 2.33. The maximum Gasteiger partial charge on any atom is 0.143 e. The third-order valence-electron chi connectivity index (χ3n) is 4.37. The van der Waals surface area contributed by atoms with E-state index < -0.39 is 0 Å². The Hall–Kier alpha value is -1.26. The Balaban J connectivity index is 1.78. The third kappa shape index (κ3) is 3.69. The average molecular weight is 290 g/mol. The zero-order chi connectivity index (χ0) is 14.7. The molecule has 2 heterocycles. The van der Waals surface area contributed by atoms with E-state index in [2.05, 4.69) is 30.0 Å². The number of piperidine rings is 1. The van der Waals surface area contributed by atoms with Gasteiger partial charge in [0.1, 0.15) is 11.9 Å². The molecular weight excluding hydrogens is 264 g/mol. The number of hydrogen-bond acceptors (Lipinski definition) is 4. The van der Waals surface area contributed by atoms with Crippen LogP contribution in [0.4, 0.5) is 5.69 Å². The molecule has 1 unspecified atom stereocenters. The number of nitrogens with two attached hydrogens (primary N) is 1. The second kappa shape index (κ2) is 6.67. The summed E-state index contributed by atoms with van der Waals surface area (Å²) in [6.07, 6.45) is 4.52. The van der Waals surface area contributed by atoms with Crippen molar-refractivity contribution >= 4 is 5.69 Å². The summed E-state index contributed by atoms with van der Waals surface area (Å²) in [5.41, 5.74) is 8.61. The van der Waals surface area contributed by atoms with Crippen molar-refractivity contribution in [2.75, 3.05) is 31.2 Å². The summed E-state index contributed by atoms with van der Waals surface area (Å²) in [4.78, 5) is 2.38. The minimum absolute atomic E-state index is 0.273. The van der Waals surface area contributed by atoms with Gasteiger partial charge in [-0.2, -0.15) is 0 Å². The van der Waals surface area contributed by atoms with Gasteiger partial charge in [-0.05, 0) is 37.5 Å². The van der Waals surface area contributed by atoms with E-state index in [1.807, 2.05) is 0 Å². The third-order valence-corrected chi connectivity index (χ3v) is 4.37. The molecule has 0 amide bonds. The maximum atomic E-state index is 6.27. The molecule has 2 fully saturated rings. The van der Waals surface area contributed by atoms with Crippen LogP contribution in [0.2, 0.25) is 0 Å². The van der Waals surface area contributed by atoms with E-state index in [1.54, 1.807) is 0 Å². The lowest BCUT2D eigenvalue weighted by molar-refractivity contribution is 0.0257. The van der Waals surface area contributed by atoms with Gasteiger partial charge < -0.3 is 20.1 Å². The van der Waals surface area contributed by atoms with Crippen molar-refractivity contribution in [3.8, 4) is 5.75 Å². The van der Waals surface area contributed by atoms with Gasteiger partial charge in [0.25, 0.3) is 0 Å². The second-order valence-corrected chi connectivity index (χ2v) is 6.25. The summed E-state index contributed by atoms with van der Waals surface area (Å²) in [7, 11) is 0. The Kier molecular flexibility index (Phi) is 4.66. The zero-order valence-corrected chi connectivity index (χ0v) is 12.9. The first-order valence-corrected chi connectivity index (χ1v) is 8.08. The van der Waals surface area contributed by atoms with Gasteiger partial charge in [0.2, 0.25) is 0 Å². The van der Waals surface area contributed by atoms with E-state index in [0.717, 1.165) is 57.7 Å². The van der Waals surface area contributed by atoms with Crippen molar-refractivity contribution in [3.05, 3.63) is 23.8 Å². The van der Waals surface area contributed by atoms with Crippen molar-refractivity contribution in [3.63, 3.8) is 0 Å². The Morgan fingerprint density at radius 1 is 1.24 bits per heavy atom. The average Bonchev–Trinajstić information content (AvgIpc) is 2.50. The number of ether oxygens (including phenoxy) is 2. The van der Waals surface area contributed by atoms with Crippen LogP contribution in [0.1, 0.15) is 31.2 Å². The molecule has 2 saturated heterocycles. The van der Waals surface area contributed by atoms with Crippen LogP contribution in [0.15, 0.2) is 18.2 Å². The Labute approximate surface area is 127 Å². The highest BCUT2D eigenvalue weighted by atomic mass is 16.5. The van der Waals surface area contributed by atoms with Crippen molar-refractivity contribution in [1.82, 2.24) is 0 Å². The molecule has 1 aromatic rings. The molecule has 0 saturated carbocycles. The van der Waals surface area contributed by atoms with Crippen LogP contribution in [0.5, 0.6) is 5.75 Å². The molecule has 4 heteroatoms. The maximum absolute atomic E-state index is 6.27. The minimum Gasteiger partial charge on any atom is -0.488 e. The molecule has 2 aliphatic heterocycles. The fourth-order valence-corrected chi connectivity index (χ4v) is 3.18. The van der Waals surface area contributed by atoms with Gasteiger partial charge in [0.15, 0.2) is 0 Å². The van der Waals surface area contributed by atoms with E-state index in [0.29, 0.717) is 0 Å². The SMILES string of the molecule is Cc1ccc(OC2CCOCC2)c(N2CCCC(N)C2)c1. The summed E-state index contributed by atoms with van der Waals surface area (Å²) < 4.78 is 11.7. The van der Waals surface area contributed by atoms with Crippen LogP contribution in [-0.4, -0.2) is 38.4 Å². The van der Waals surface area contributed by atoms with E-state index in [4.69, 9.17) is 15.2 Å². The van der Waals surface area contributed by atoms with E-state index >= 15 is 0 Å². The molecular formula is C17H26N2O2. The smallest absolute Gasteiger partial charge is 0.143 e. The van der Waals surface area contributed by atoms with Crippen molar-refractivity contribution in [2.24, 2.45) is 5.73 Å². The first kappa shape index (κ1) is 14.7. The van der Waals surface area contributed by atoms with Gasteiger partial charge in [-0.25, -0.2) is 0 Å². The molecule has 21 heavy (non-hydrogen) atoms. The number of rotatable bonds is 3. The molecule has 1 atom stereocenters. The van der Waals surface area contributed by atoms with E-state index in [1.165, 1.54) is 11.3 Å². The van der Waals surface area contributed by atoms with Gasteiger partial charge in [0, 0.05) is 32.0 Å². The van der Waals surface area contributed by atoms with Gasteiger partial charge >= 0.3 is 0 Å². The molecule has 0 radical (unpaired) electrons. The molecule has 4 nitrogen and oxygen atoms in total. The minimum atomic E-state index is 0.273. The lowest BCUT2D eigenvalue weighted by atomic mass is 10.0. The standard InChI is InChI=1S/C17H26N2O2/c1-13-4-5-17(21-15-6-9-20-10-7-15)16(11-13)19-8-2-3-14(18)12-19/h4-5,11,14-15H,2-3,6-10,12,18H2,1H3. The Morgan fingerprint density at radius 2 is 2.05 bits per heavy atom. The number of hydrogen-bond donors (Lipinski definition) is 1. The largest absolute Gasteiger partial charge is 0.488 e. The van der Waals surface area contributed by atoms with Gasteiger partial charge in [-0.15, -0.1) is 0 Å². The van der Waals surface area contributed by atoms with Gasteiger partial charge in [0.05, 0.1) is 18.9 Å².